The zero-order valence-electron chi connectivity index (χ0n) is 15.2. The van der Waals surface area contributed by atoms with E-state index in [1.165, 1.54) is 0 Å². The van der Waals surface area contributed by atoms with E-state index in [1.54, 1.807) is 6.20 Å². The number of hydrogen-bond acceptors (Lipinski definition) is 5. The van der Waals surface area contributed by atoms with Crippen molar-refractivity contribution in [3.05, 3.63) is 59.9 Å². The molecule has 2 aromatic rings. The van der Waals surface area contributed by atoms with Crippen LogP contribution in [0.1, 0.15) is 17.7 Å². The molecule has 1 N–H and O–H groups in total. The quantitative estimate of drug-likeness (QED) is 0.845. The van der Waals surface area contributed by atoms with Crippen molar-refractivity contribution in [2.45, 2.75) is 19.6 Å². The molecule has 1 aromatic heterocycles. The lowest BCUT2D eigenvalue weighted by Gasteiger charge is -2.34. The Kier molecular flexibility index (Phi) is 5.09. The summed E-state index contributed by atoms with van der Waals surface area (Å²) in [7, 11) is 0. The Labute approximate surface area is 158 Å². The van der Waals surface area contributed by atoms with E-state index in [9.17, 15) is 9.90 Å². The van der Waals surface area contributed by atoms with Gasteiger partial charge >= 0.3 is 5.97 Å². The fraction of sp³-hybridized carbons (Fsp3) is 0.429. The molecular formula is C21H24N2O4. The van der Waals surface area contributed by atoms with Gasteiger partial charge in [0.15, 0.2) is 0 Å². The van der Waals surface area contributed by atoms with Crippen LogP contribution in [0.15, 0.2) is 48.7 Å². The molecule has 0 radical (unpaired) electrons. The van der Waals surface area contributed by atoms with Crippen LogP contribution in [0.2, 0.25) is 0 Å². The average Bonchev–Trinajstić information content (AvgIpc) is 3.07. The Morgan fingerprint density at radius 1 is 1.33 bits per heavy atom. The molecule has 0 aliphatic carbocycles. The summed E-state index contributed by atoms with van der Waals surface area (Å²) in [4.78, 5) is 18.4. The molecule has 0 saturated carbocycles. The van der Waals surface area contributed by atoms with Crippen molar-refractivity contribution in [1.82, 2.24) is 9.88 Å². The maximum atomic E-state index is 11.9. The van der Waals surface area contributed by atoms with Gasteiger partial charge in [-0.3, -0.25) is 14.7 Å². The van der Waals surface area contributed by atoms with Crippen molar-refractivity contribution in [2.24, 2.45) is 11.3 Å². The molecule has 0 bridgehead atoms. The van der Waals surface area contributed by atoms with E-state index in [4.69, 9.17) is 9.47 Å². The highest BCUT2D eigenvalue weighted by atomic mass is 16.5. The van der Waals surface area contributed by atoms with E-state index < -0.39 is 11.4 Å². The highest BCUT2D eigenvalue weighted by Crippen LogP contribution is 2.42. The van der Waals surface area contributed by atoms with Crippen LogP contribution in [-0.4, -0.2) is 47.3 Å². The van der Waals surface area contributed by atoms with Gasteiger partial charge in [0.05, 0.1) is 12.3 Å². The average molecular weight is 368 g/mol. The summed E-state index contributed by atoms with van der Waals surface area (Å²) >= 11 is 0. The second-order valence-corrected chi connectivity index (χ2v) is 7.43. The number of ether oxygens (including phenoxy) is 2. The van der Waals surface area contributed by atoms with Gasteiger partial charge in [-0.25, -0.2) is 0 Å². The van der Waals surface area contributed by atoms with E-state index in [-0.39, 0.29) is 5.92 Å². The number of aromatic nitrogens is 1. The van der Waals surface area contributed by atoms with Crippen LogP contribution in [0.5, 0.6) is 5.75 Å². The van der Waals surface area contributed by atoms with Crippen LogP contribution in [0, 0.1) is 11.3 Å². The largest absolute Gasteiger partial charge is 0.487 e. The molecule has 0 spiro atoms. The van der Waals surface area contributed by atoms with Crippen molar-refractivity contribution < 1.29 is 19.4 Å². The zero-order chi connectivity index (χ0) is 18.7. The number of pyridine rings is 1. The van der Waals surface area contributed by atoms with Crippen LogP contribution in [-0.2, 0) is 22.7 Å². The normalized spacial score (nSPS) is 25.1. The summed E-state index contributed by atoms with van der Waals surface area (Å²) in [6, 6.07) is 13.7. The summed E-state index contributed by atoms with van der Waals surface area (Å²) < 4.78 is 11.4. The molecule has 2 aliphatic rings. The molecule has 4 rings (SSSR count). The minimum absolute atomic E-state index is 0.160. The molecule has 2 aliphatic heterocycles. The molecule has 3 heterocycles. The van der Waals surface area contributed by atoms with Gasteiger partial charge in [0.1, 0.15) is 17.8 Å². The number of carboxylic acids is 1. The minimum Gasteiger partial charge on any atom is -0.487 e. The van der Waals surface area contributed by atoms with Crippen LogP contribution in [0.4, 0.5) is 0 Å². The Balaban J connectivity index is 1.40. The van der Waals surface area contributed by atoms with Crippen molar-refractivity contribution in [3.8, 4) is 5.75 Å². The Bertz CT molecular complexity index is 798. The predicted molar refractivity (Wildman–Crippen MR) is 99.3 cm³/mol. The standard InChI is InChI=1S/C21H24N2O4/c24-20(25)21-14-23(12-17(21)7-9-26-15-21)11-16-4-3-6-19(10-16)27-13-18-5-1-2-8-22-18/h1-6,8,10,17H,7,9,11-15H2,(H,24,25)/t17-,21+/m0/s1. The number of fused-ring (bicyclic) bond motifs is 1. The molecule has 0 amide bonds. The van der Waals surface area contributed by atoms with Gasteiger partial charge in [0.2, 0.25) is 0 Å². The van der Waals surface area contributed by atoms with Crippen LogP contribution in [0.3, 0.4) is 0 Å². The van der Waals surface area contributed by atoms with Gasteiger partial charge < -0.3 is 14.6 Å². The Hall–Kier alpha value is -2.44. The first-order chi connectivity index (χ1) is 13.2. The lowest BCUT2D eigenvalue weighted by molar-refractivity contribution is -0.159. The maximum Gasteiger partial charge on any atom is 0.313 e. The first kappa shape index (κ1) is 17.9. The van der Waals surface area contributed by atoms with Crippen LogP contribution < -0.4 is 4.74 Å². The summed E-state index contributed by atoms with van der Waals surface area (Å²) in [5.41, 5.74) is 1.24. The molecule has 1 aromatic carbocycles. The number of carbonyl (C=O) groups is 1. The van der Waals surface area contributed by atoms with Crippen molar-refractivity contribution >= 4 is 5.97 Å². The predicted octanol–water partition coefficient (Wildman–Crippen LogP) is 2.58. The van der Waals surface area contributed by atoms with Gasteiger partial charge in [0, 0.05) is 32.4 Å². The highest BCUT2D eigenvalue weighted by Gasteiger charge is 2.53. The lowest BCUT2D eigenvalue weighted by atomic mass is 9.76. The first-order valence-electron chi connectivity index (χ1n) is 9.31. The zero-order valence-corrected chi connectivity index (χ0v) is 15.2. The third-order valence-corrected chi connectivity index (χ3v) is 5.58. The molecule has 0 unspecified atom stereocenters. The van der Waals surface area contributed by atoms with Gasteiger partial charge in [-0.1, -0.05) is 18.2 Å². The van der Waals surface area contributed by atoms with Gasteiger partial charge in [0.25, 0.3) is 0 Å². The molecule has 6 heteroatoms. The SMILES string of the molecule is O=C(O)[C@]12COCC[C@H]1CN(Cc1cccc(OCc3ccccn3)c1)C2. The van der Waals surface area contributed by atoms with Gasteiger partial charge in [-0.05, 0) is 42.2 Å². The summed E-state index contributed by atoms with van der Waals surface area (Å²) in [5, 5.41) is 9.77. The third-order valence-electron chi connectivity index (χ3n) is 5.58. The fourth-order valence-corrected chi connectivity index (χ4v) is 4.15. The molecule has 2 saturated heterocycles. The van der Waals surface area contributed by atoms with E-state index in [0.29, 0.717) is 32.9 Å². The number of benzene rings is 1. The summed E-state index contributed by atoms with van der Waals surface area (Å²) in [6.45, 7) is 3.45. The van der Waals surface area contributed by atoms with Crippen LogP contribution >= 0.6 is 0 Å². The van der Waals surface area contributed by atoms with Gasteiger partial charge in [-0.15, -0.1) is 0 Å². The molecule has 2 atom stereocenters. The Morgan fingerprint density at radius 3 is 3.04 bits per heavy atom. The second-order valence-electron chi connectivity index (χ2n) is 7.43. The van der Waals surface area contributed by atoms with E-state index in [0.717, 1.165) is 30.0 Å². The third kappa shape index (κ3) is 3.82. The van der Waals surface area contributed by atoms with Crippen molar-refractivity contribution in [2.75, 3.05) is 26.3 Å². The van der Waals surface area contributed by atoms with E-state index in [1.807, 2.05) is 36.4 Å². The van der Waals surface area contributed by atoms with Crippen molar-refractivity contribution in [1.29, 1.82) is 0 Å². The molecular weight excluding hydrogens is 344 g/mol. The molecule has 2 fully saturated rings. The topological polar surface area (TPSA) is 71.9 Å². The van der Waals surface area contributed by atoms with E-state index >= 15 is 0 Å². The molecule has 27 heavy (non-hydrogen) atoms. The Morgan fingerprint density at radius 2 is 2.26 bits per heavy atom. The molecule has 142 valence electrons. The number of hydrogen-bond donors (Lipinski definition) is 1. The smallest absolute Gasteiger partial charge is 0.313 e. The van der Waals surface area contributed by atoms with Crippen LogP contribution in [0.25, 0.3) is 0 Å². The maximum absolute atomic E-state index is 11.9. The first-order valence-corrected chi connectivity index (χ1v) is 9.31. The molecule has 6 nitrogen and oxygen atoms in total. The number of nitrogens with zero attached hydrogens (tertiary/aromatic N) is 2. The summed E-state index contributed by atoms with van der Waals surface area (Å²) in [5.74, 6) is 0.223. The minimum atomic E-state index is -0.759. The number of carboxylic acid groups (broad SMARTS) is 1. The van der Waals surface area contributed by atoms with Crippen molar-refractivity contribution in [3.63, 3.8) is 0 Å². The number of aliphatic carboxylic acids is 1. The highest BCUT2D eigenvalue weighted by molar-refractivity contribution is 5.76. The summed E-state index contributed by atoms with van der Waals surface area (Å²) in [6.07, 6.45) is 2.57. The monoisotopic (exact) mass is 368 g/mol. The number of likely N-dealkylation sites (tertiary alicyclic amines) is 1. The van der Waals surface area contributed by atoms with Gasteiger partial charge in [-0.2, -0.15) is 0 Å². The second kappa shape index (κ2) is 7.66. The lowest BCUT2D eigenvalue weighted by Crippen LogP contribution is -2.46. The fourth-order valence-electron chi connectivity index (χ4n) is 4.15. The number of rotatable bonds is 6. The van der Waals surface area contributed by atoms with E-state index in [2.05, 4.69) is 16.0 Å².